The van der Waals surface area contributed by atoms with E-state index < -0.39 is 12.0 Å². The monoisotopic (exact) mass is 265 g/mol. The maximum Gasteiger partial charge on any atom is 0.325 e. The first-order valence-corrected chi connectivity index (χ1v) is 6.32. The number of nitrogens with one attached hydrogen (secondary N) is 1. The van der Waals surface area contributed by atoms with Gasteiger partial charge in [0.1, 0.15) is 6.04 Å². The molecule has 0 fully saturated rings. The fraction of sp³-hybridized carbons (Fsp3) is 0.118. The van der Waals surface area contributed by atoms with Gasteiger partial charge in [0, 0.05) is 5.56 Å². The summed E-state index contributed by atoms with van der Waals surface area (Å²) in [6.07, 6.45) is 0. The maximum absolute atomic E-state index is 11.3. The van der Waals surface area contributed by atoms with Crippen LogP contribution in [-0.4, -0.2) is 17.6 Å². The highest BCUT2D eigenvalue weighted by Gasteiger charge is 2.17. The van der Waals surface area contributed by atoms with Gasteiger partial charge in [0.15, 0.2) is 0 Å². The van der Waals surface area contributed by atoms with Gasteiger partial charge in [0.25, 0.3) is 0 Å². The van der Waals surface area contributed by atoms with Gasteiger partial charge in [-0.2, -0.15) is 0 Å². The predicted octanol–water partition coefficient (Wildman–Crippen LogP) is 2.45. The topological polar surface area (TPSA) is 49.3 Å². The number of carbonyl (C=O) groups is 1. The number of rotatable bonds is 4. The third kappa shape index (κ3) is 3.98. The van der Waals surface area contributed by atoms with Gasteiger partial charge in [-0.25, -0.2) is 0 Å². The molecule has 1 unspecified atom stereocenters. The zero-order valence-electron chi connectivity index (χ0n) is 10.9. The average molecular weight is 265 g/mol. The van der Waals surface area contributed by atoms with Crippen LogP contribution in [-0.2, 0) is 4.79 Å². The Bertz CT molecular complexity index is 612. The zero-order valence-corrected chi connectivity index (χ0v) is 10.9. The fourth-order valence-corrected chi connectivity index (χ4v) is 1.81. The van der Waals surface area contributed by atoms with E-state index in [2.05, 4.69) is 17.2 Å². The van der Waals surface area contributed by atoms with Crippen LogP contribution in [0.3, 0.4) is 0 Å². The lowest BCUT2D eigenvalue weighted by Crippen LogP contribution is -2.28. The molecule has 0 saturated carbocycles. The number of benzene rings is 2. The molecule has 2 aromatic rings. The Kier molecular flexibility index (Phi) is 4.94. The molecule has 0 aromatic heterocycles. The van der Waals surface area contributed by atoms with E-state index in [0.717, 1.165) is 11.1 Å². The number of hydrogen-bond acceptors (Lipinski definition) is 2. The van der Waals surface area contributed by atoms with Crippen molar-refractivity contribution in [2.24, 2.45) is 0 Å². The third-order valence-corrected chi connectivity index (χ3v) is 2.78. The molecule has 2 aromatic carbocycles. The summed E-state index contributed by atoms with van der Waals surface area (Å²) in [4.78, 5) is 11.3. The van der Waals surface area contributed by atoms with Crippen LogP contribution in [0.15, 0.2) is 60.7 Å². The van der Waals surface area contributed by atoms with Gasteiger partial charge in [0.2, 0.25) is 0 Å². The minimum Gasteiger partial charge on any atom is -0.480 e. The van der Waals surface area contributed by atoms with E-state index in [1.807, 2.05) is 48.5 Å². The molecular formula is C17H15NO2. The number of carboxylic acids is 1. The molecule has 1 atom stereocenters. The van der Waals surface area contributed by atoms with Crippen LogP contribution < -0.4 is 5.32 Å². The van der Waals surface area contributed by atoms with Crippen LogP contribution in [0.4, 0.5) is 0 Å². The average Bonchev–Trinajstić information content (AvgIpc) is 2.49. The van der Waals surface area contributed by atoms with Crippen LogP contribution in [0.1, 0.15) is 17.2 Å². The lowest BCUT2D eigenvalue weighted by molar-refractivity contribution is -0.139. The van der Waals surface area contributed by atoms with Crippen molar-refractivity contribution in [2.75, 3.05) is 6.54 Å². The van der Waals surface area contributed by atoms with Crippen molar-refractivity contribution in [1.82, 2.24) is 5.32 Å². The van der Waals surface area contributed by atoms with E-state index in [1.165, 1.54) is 0 Å². The van der Waals surface area contributed by atoms with Crippen LogP contribution in [0.25, 0.3) is 0 Å². The Labute approximate surface area is 118 Å². The van der Waals surface area contributed by atoms with Crippen LogP contribution in [0.5, 0.6) is 0 Å². The highest BCUT2D eigenvalue weighted by atomic mass is 16.4. The molecule has 2 N–H and O–H groups in total. The van der Waals surface area contributed by atoms with Crippen LogP contribution in [0.2, 0.25) is 0 Å². The van der Waals surface area contributed by atoms with Gasteiger partial charge in [-0.1, -0.05) is 60.4 Å². The molecule has 3 heteroatoms. The SMILES string of the molecule is O=C(O)C(NCC#Cc1ccccc1)c1ccccc1. The molecule has 0 bridgehead atoms. The Morgan fingerprint density at radius 3 is 2.25 bits per heavy atom. The molecule has 20 heavy (non-hydrogen) atoms. The smallest absolute Gasteiger partial charge is 0.325 e. The molecule has 3 nitrogen and oxygen atoms in total. The highest BCUT2D eigenvalue weighted by Crippen LogP contribution is 2.11. The minimum absolute atomic E-state index is 0.320. The maximum atomic E-state index is 11.3. The Balaban J connectivity index is 1.98. The largest absolute Gasteiger partial charge is 0.480 e. The number of aliphatic carboxylic acids is 1. The first-order valence-electron chi connectivity index (χ1n) is 6.32. The van der Waals surface area contributed by atoms with Crippen molar-refractivity contribution in [1.29, 1.82) is 0 Å². The first-order chi connectivity index (χ1) is 9.77. The molecule has 0 aliphatic rings. The summed E-state index contributed by atoms with van der Waals surface area (Å²) in [5.74, 6) is 5.01. The quantitative estimate of drug-likeness (QED) is 0.835. The Hall–Kier alpha value is -2.57. The van der Waals surface area contributed by atoms with Crippen molar-refractivity contribution in [3.05, 3.63) is 71.8 Å². The standard InChI is InChI=1S/C17H15NO2/c19-17(20)16(15-11-5-2-6-12-15)18-13-7-10-14-8-3-1-4-9-14/h1-6,8-9,11-12,16,18H,13H2,(H,19,20). The van der Waals surface area contributed by atoms with Gasteiger partial charge in [0.05, 0.1) is 6.54 Å². The molecular weight excluding hydrogens is 250 g/mol. The van der Waals surface area contributed by atoms with Gasteiger partial charge >= 0.3 is 5.97 Å². The van der Waals surface area contributed by atoms with Crippen molar-refractivity contribution in [3.8, 4) is 11.8 Å². The molecule has 0 aliphatic carbocycles. The van der Waals surface area contributed by atoms with E-state index >= 15 is 0 Å². The summed E-state index contributed by atoms with van der Waals surface area (Å²) in [6.45, 7) is 0.320. The van der Waals surface area contributed by atoms with E-state index in [9.17, 15) is 9.90 Å². The van der Waals surface area contributed by atoms with Gasteiger partial charge in [-0.05, 0) is 17.7 Å². The van der Waals surface area contributed by atoms with Crippen LogP contribution >= 0.6 is 0 Å². The second-order valence-corrected chi connectivity index (χ2v) is 4.23. The minimum atomic E-state index is -0.905. The Morgan fingerprint density at radius 1 is 1.05 bits per heavy atom. The second kappa shape index (κ2) is 7.13. The molecule has 0 spiro atoms. The fourth-order valence-electron chi connectivity index (χ4n) is 1.81. The molecule has 0 heterocycles. The van der Waals surface area contributed by atoms with Crippen molar-refractivity contribution in [2.45, 2.75) is 6.04 Å². The second-order valence-electron chi connectivity index (χ2n) is 4.23. The van der Waals surface area contributed by atoms with Crippen molar-refractivity contribution < 1.29 is 9.90 Å². The number of hydrogen-bond donors (Lipinski definition) is 2. The molecule has 0 radical (unpaired) electrons. The first kappa shape index (κ1) is 13.9. The Morgan fingerprint density at radius 2 is 1.65 bits per heavy atom. The molecule has 0 amide bonds. The summed E-state index contributed by atoms with van der Waals surface area (Å²) < 4.78 is 0. The van der Waals surface area contributed by atoms with Gasteiger partial charge in [-0.15, -0.1) is 0 Å². The van der Waals surface area contributed by atoms with Gasteiger partial charge < -0.3 is 5.11 Å². The van der Waals surface area contributed by atoms with Crippen LogP contribution in [0, 0.1) is 11.8 Å². The van der Waals surface area contributed by atoms with E-state index in [4.69, 9.17) is 0 Å². The third-order valence-electron chi connectivity index (χ3n) is 2.78. The summed E-state index contributed by atoms with van der Waals surface area (Å²) in [5.41, 5.74) is 1.64. The molecule has 0 aliphatic heterocycles. The summed E-state index contributed by atoms with van der Waals surface area (Å²) in [7, 11) is 0. The molecule has 2 rings (SSSR count). The van der Waals surface area contributed by atoms with E-state index in [-0.39, 0.29) is 0 Å². The molecule has 100 valence electrons. The summed E-state index contributed by atoms with van der Waals surface area (Å²) in [6, 6.07) is 17.9. The highest BCUT2D eigenvalue weighted by molar-refractivity contribution is 5.75. The van der Waals surface area contributed by atoms with E-state index in [1.54, 1.807) is 12.1 Å². The molecule has 0 saturated heterocycles. The normalized spacial score (nSPS) is 11.2. The lowest BCUT2D eigenvalue weighted by Gasteiger charge is -2.12. The predicted molar refractivity (Wildman–Crippen MR) is 78.1 cm³/mol. The summed E-state index contributed by atoms with van der Waals surface area (Å²) >= 11 is 0. The zero-order chi connectivity index (χ0) is 14.2. The van der Waals surface area contributed by atoms with Gasteiger partial charge in [-0.3, -0.25) is 10.1 Å². The summed E-state index contributed by atoms with van der Waals surface area (Å²) in [5, 5.41) is 12.2. The lowest BCUT2D eigenvalue weighted by atomic mass is 10.1. The van der Waals surface area contributed by atoms with Crippen molar-refractivity contribution >= 4 is 5.97 Å². The van der Waals surface area contributed by atoms with E-state index in [0.29, 0.717) is 6.54 Å². The van der Waals surface area contributed by atoms with Crippen molar-refractivity contribution in [3.63, 3.8) is 0 Å². The number of carboxylic acid groups (broad SMARTS) is 1.